The molecule has 0 rings (SSSR count). The van der Waals surface area contributed by atoms with E-state index >= 15 is 0 Å². The van der Waals surface area contributed by atoms with E-state index in [1.54, 1.807) is 0 Å². The Morgan fingerprint density at radius 2 is 0.594 bits per heavy atom. The highest BCUT2D eigenvalue weighted by Crippen LogP contribution is 2.43. The molecule has 10 heteroatoms. The van der Waals surface area contributed by atoms with E-state index in [0.29, 0.717) is 23.9 Å². The zero-order chi connectivity index (χ0) is 69.7. The van der Waals surface area contributed by atoms with Gasteiger partial charge in [0.05, 0.1) is 27.7 Å². The number of rotatable bonds is 77. The van der Waals surface area contributed by atoms with Crippen LogP contribution in [-0.2, 0) is 32.7 Å². The fraction of sp³-hybridized carbons (Fsp3) is 0.814. The van der Waals surface area contributed by atoms with Gasteiger partial charge in [0.1, 0.15) is 19.8 Å². The highest BCUT2D eigenvalue weighted by molar-refractivity contribution is 7.47. The molecule has 0 heterocycles. The smallest absolute Gasteiger partial charge is 0.462 e. The van der Waals surface area contributed by atoms with Crippen LogP contribution in [-0.4, -0.2) is 74.9 Å². The number of allylic oxidation sites excluding steroid dienone is 14. The van der Waals surface area contributed by atoms with Crippen molar-refractivity contribution in [2.45, 2.75) is 405 Å². The predicted molar refractivity (Wildman–Crippen MR) is 418 cm³/mol. The zero-order valence-electron chi connectivity index (χ0n) is 64.1. The Morgan fingerprint density at radius 1 is 0.333 bits per heavy atom. The monoisotopic (exact) mass is 1370 g/mol. The summed E-state index contributed by atoms with van der Waals surface area (Å²) in [5.74, 6) is -0.782. The minimum absolute atomic E-state index is 0.0310. The summed E-state index contributed by atoms with van der Waals surface area (Å²) in [6.45, 7) is 4.38. The molecule has 0 saturated heterocycles. The van der Waals surface area contributed by atoms with Crippen molar-refractivity contribution in [2.24, 2.45) is 0 Å². The van der Waals surface area contributed by atoms with E-state index in [1.807, 2.05) is 21.1 Å². The van der Waals surface area contributed by atoms with Crippen LogP contribution in [0.2, 0.25) is 0 Å². The summed E-state index contributed by atoms with van der Waals surface area (Å²) in [5.41, 5.74) is 0. The summed E-state index contributed by atoms with van der Waals surface area (Å²) < 4.78 is 34.8. The third-order valence-corrected chi connectivity index (χ3v) is 19.4. The molecule has 0 saturated carbocycles. The van der Waals surface area contributed by atoms with Gasteiger partial charge in [-0.3, -0.25) is 18.6 Å². The maximum absolute atomic E-state index is 12.9. The van der Waals surface area contributed by atoms with Gasteiger partial charge >= 0.3 is 19.8 Å². The van der Waals surface area contributed by atoms with Crippen molar-refractivity contribution in [1.82, 2.24) is 0 Å². The van der Waals surface area contributed by atoms with Gasteiger partial charge < -0.3 is 18.9 Å². The van der Waals surface area contributed by atoms with Gasteiger partial charge in [-0.25, -0.2) is 4.57 Å². The number of hydrogen-bond acceptors (Lipinski definition) is 7. The van der Waals surface area contributed by atoms with E-state index in [9.17, 15) is 19.0 Å². The number of hydrogen-bond donors (Lipinski definition) is 1. The summed E-state index contributed by atoms with van der Waals surface area (Å²) in [7, 11) is 1.49. The molecular weight excluding hydrogens is 1210 g/mol. The predicted octanol–water partition coefficient (Wildman–Crippen LogP) is 27.6. The molecule has 0 aliphatic carbocycles. The van der Waals surface area contributed by atoms with E-state index in [0.717, 1.165) is 83.5 Å². The Hall–Kier alpha value is -2.81. The summed E-state index contributed by atoms with van der Waals surface area (Å²) in [4.78, 5) is 36.0. The number of carbonyl (C=O) groups is 2. The highest BCUT2D eigenvalue weighted by Gasteiger charge is 2.27. The van der Waals surface area contributed by atoms with Gasteiger partial charge in [-0.2, -0.15) is 0 Å². The van der Waals surface area contributed by atoms with Crippen molar-refractivity contribution in [3.63, 3.8) is 0 Å². The maximum Gasteiger partial charge on any atom is 0.472 e. The van der Waals surface area contributed by atoms with Crippen LogP contribution in [0.1, 0.15) is 399 Å². The molecule has 0 fully saturated rings. The number of esters is 2. The summed E-state index contributed by atoms with van der Waals surface area (Å²) in [6.07, 6.45) is 106. The molecule has 9 nitrogen and oxygen atoms in total. The average Bonchev–Trinajstić information content (AvgIpc) is 2.74. The first-order valence-electron chi connectivity index (χ1n) is 41.3. The molecule has 0 bridgehead atoms. The Kier molecular flexibility index (Phi) is 74.1. The lowest BCUT2D eigenvalue weighted by atomic mass is 10.0. The van der Waals surface area contributed by atoms with Crippen molar-refractivity contribution in [3.8, 4) is 0 Å². The highest BCUT2D eigenvalue weighted by atomic mass is 31.2. The van der Waals surface area contributed by atoms with Crippen LogP contribution in [0.15, 0.2) is 85.1 Å². The third kappa shape index (κ3) is 80.2. The SMILES string of the molecule is CC/C=C\C/C=C\C/C=C\C/C=C\C/C=C\C/C=C\C/C=C\CCCCCCCCCCCCCCCC(=O)OC(COC(=O)CCCCCCCCCCCCCCCCCCCCCCCCCCCCCCCCCCCCCCC)COP(=O)(O)OCC[N+](C)(C)C. The maximum atomic E-state index is 12.9. The second-order valence-corrected chi connectivity index (χ2v) is 30.6. The first kappa shape index (κ1) is 93.2. The third-order valence-electron chi connectivity index (χ3n) is 18.4. The first-order valence-corrected chi connectivity index (χ1v) is 42.8. The summed E-state index contributed by atoms with van der Waals surface area (Å²) in [5, 5.41) is 0. The summed E-state index contributed by atoms with van der Waals surface area (Å²) >= 11 is 0. The van der Waals surface area contributed by atoms with Crippen molar-refractivity contribution < 1.29 is 42.1 Å². The van der Waals surface area contributed by atoms with Crippen LogP contribution in [0.25, 0.3) is 0 Å². The van der Waals surface area contributed by atoms with E-state index < -0.39 is 26.5 Å². The van der Waals surface area contributed by atoms with E-state index in [2.05, 4.69) is 98.9 Å². The lowest BCUT2D eigenvalue weighted by Crippen LogP contribution is -2.37. The topological polar surface area (TPSA) is 108 Å². The molecule has 1 N–H and O–H groups in total. The largest absolute Gasteiger partial charge is 0.472 e. The van der Waals surface area contributed by atoms with Crippen LogP contribution in [0.3, 0.4) is 0 Å². The molecule has 560 valence electrons. The van der Waals surface area contributed by atoms with E-state index in [-0.39, 0.29) is 25.6 Å². The number of quaternary nitrogens is 1. The second kappa shape index (κ2) is 76.4. The first-order chi connectivity index (χ1) is 47.0. The number of nitrogens with zero attached hydrogens (tertiary/aromatic N) is 1. The number of phosphoric acid groups is 1. The molecule has 96 heavy (non-hydrogen) atoms. The minimum atomic E-state index is -4.40. The molecule has 0 radical (unpaired) electrons. The Balaban J connectivity index is 3.93. The Bertz CT molecular complexity index is 1900. The lowest BCUT2D eigenvalue weighted by Gasteiger charge is -2.24. The fourth-order valence-corrected chi connectivity index (χ4v) is 12.9. The van der Waals surface area contributed by atoms with Crippen LogP contribution in [0.5, 0.6) is 0 Å². The van der Waals surface area contributed by atoms with Crippen LogP contribution in [0, 0.1) is 0 Å². The van der Waals surface area contributed by atoms with Gasteiger partial charge in [-0.1, -0.05) is 401 Å². The Labute approximate surface area is 596 Å². The molecular formula is C86H159NO8P+. The molecule has 0 aromatic heterocycles. The zero-order valence-corrected chi connectivity index (χ0v) is 65.0. The number of unbranched alkanes of at least 4 members (excludes halogenated alkanes) is 49. The van der Waals surface area contributed by atoms with Crippen LogP contribution in [0.4, 0.5) is 0 Å². The molecule has 0 aliphatic heterocycles. The quantitative estimate of drug-likeness (QED) is 0.0211. The van der Waals surface area contributed by atoms with Gasteiger partial charge in [-0.15, -0.1) is 0 Å². The van der Waals surface area contributed by atoms with E-state index in [4.69, 9.17) is 18.5 Å². The molecule has 0 aromatic rings. The van der Waals surface area contributed by atoms with Crippen molar-refractivity contribution >= 4 is 19.8 Å². The van der Waals surface area contributed by atoms with Gasteiger partial charge in [0.2, 0.25) is 0 Å². The van der Waals surface area contributed by atoms with Crippen molar-refractivity contribution in [1.29, 1.82) is 0 Å². The minimum Gasteiger partial charge on any atom is -0.462 e. The Morgan fingerprint density at radius 3 is 0.885 bits per heavy atom. The number of carbonyl (C=O) groups excluding carboxylic acids is 2. The molecule has 2 atom stereocenters. The fourth-order valence-electron chi connectivity index (χ4n) is 12.2. The molecule has 0 spiro atoms. The van der Waals surface area contributed by atoms with E-state index in [1.165, 1.54) is 283 Å². The number of ether oxygens (including phenoxy) is 2. The van der Waals surface area contributed by atoms with Crippen LogP contribution < -0.4 is 0 Å². The van der Waals surface area contributed by atoms with Gasteiger partial charge in [-0.05, 0) is 70.6 Å². The van der Waals surface area contributed by atoms with Gasteiger partial charge in [0, 0.05) is 12.8 Å². The normalized spacial score (nSPS) is 13.4. The van der Waals surface area contributed by atoms with Crippen molar-refractivity contribution in [3.05, 3.63) is 85.1 Å². The average molecular weight is 1370 g/mol. The van der Waals surface area contributed by atoms with Gasteiger partial charge in [0.15, 0.2) is 6.10 Å². The lowest BCUT2D eigenvalue weighted by molar-refractivity contribution is -0.870. The molecule has 0 aliphatic rings. The van der Waals surface area contributed by atoms with Crippen molar-refractivity contribution in [2.75, 3.05) is 47.5 Å². The standard InChI is InChI=1S/C86H158NO8P/c1-6-8-10-12-14-16-18-20-22-24-26-28-30-32-34-36-38-40-42-43-45-46-48-50-52-54-56-58-60-62-64-66-68-70-72-74-76-78-85(88)92-82-84(83-94-96(90,91)93-81-80-87(3,4)5)95-86(89)79-77-75-73-71-69-67-65-63-61-59-57-55-53-51-49-47-44-41-39-37-35-33-31-29-27-25-23-21-19-17-15-13-11-9-7-2/h9,11,15,17,21,23,27,29,33,35,39,41,47,49,84H,6-8,10,12-14,16,18-20,22,24-26,28,30-32,34,36-38,40,42-46,48,50-83H2,1-5H3/p+1/b11-9-,17-15-,23-21-,29-27-,35-33-,41-39-,49-47-. The molecule has 0 aromatic carbocycles. The second-order valence-electron chi connectivity index (χ2n) is 29.1. The molecule has 0 amide bonds. The van der Waals surface area contributed by atoms with Gasteiger partial charge in [0.25, 0.3) is 0 Å². The summed E-state index contributed by atoms with van der Waals surface area (Å²) in [6, 6.07) is 0. The molecule has 2 unspecified atom stereocenters. The van der Waals surface area contributed by atoms with Crippen LogP contribution >= 0.6 is 7.82 Å². The number of phosphoric ester groups is 1. The number of likely N-dealkylation sites (N-methyl/N-ethyl adjacent to an activating group) is 1.